The molecule has 1 aromatic carbocycles. The molecule has 0 aliphatic rings. The van der Waals surface area contributed by atoms with E-state index in [1.165, 1.54) is 5.56 Å². The monoisotopic (exact) mass is 250 g/mol. The molecule has 4 heteroatoms. The van der Waals surface area contributed by atoms with Crippen molar-refractivity contribution in [3.63, 3.8) is 0 Å². The molecule has 0 saturated heterocycles. The fraction of sp³-hybridized carbons (Fsp3) is 0.267. The van der Waals surface area contributed by atoms with Crippen LogP contribution in [0.1, 0.15) is 26.3 Å². The van der Waals surface area contributed by atoms with Crippen LogP contribution in [0.25, 0.3) is 0 Å². The highest BCUT2D eigenvalue weighted by Gasteiger charge is 2.13. The topological polar surface area (TPSA) is 83.4 Å². The van der Waals surface area contributed by atoms with Gasteiger partial charge in [0.25, 0.3) is 0 Å². The maximum atomic E-state index is 8.93. The van der Waals surface area contributed by atoms with Crippen molar-refractivity contribution >= 4 is 5.69 Å². The maximum Gasteiger partial charge on any atom is 0.163 e. The highest BCUT2D eigenvalue weighted by Crippen LogP contribution is 2.24. The van der Waals surface area contributed by atoms with Gasteiger partial charge in [-0.3, -0.25) is 0 Å². The molecule has 94 valence electrons. The van der Waals surface area contributed by atoms with Crippen LogP contribution in [0, 0.1) is 34.0 Å². The molecule has 4 nitrogen and oxygen atoms in total. The van der Waals surface area contributed by atoms with Gasteiger partial charge in [-0.15, -0.1) is 0 Å². The number of hydrogen-bond acceptors (Lipinski definition) is 4. The Labute approximate surface area is 113 Å². The lowest BCUT2D eigenvalue weighted by atomic mass is 9.87. The molecule has 1 aromatic rings. The largest absolute Gasteiger partial charge is 0.345 e. The van der Waals surface area contributed by atoms with Crippen molar-refractivity contribution in [3.8, 4) is 18.2 Å². The van der Waals surface area contributed by atoms with E-state index >= 15 is 0 Å². The third kappa shape index (κ3) is 3.60. The van der Waals surface area contributed by atoms with E-state index in [9.17, 15) is 0 Å². The van der Waals surface area contributed by atoms with E-state index in [4.69, 9.17) is 15.8 Å². The molecule has 0 aliphatic carbocycles. The molecule has 19 heavy (non-hydrogen) atoms. The van der Waals surface area contributed by atoms with E-state index in [-0.39, 0.29) is 16.7 Å². The van der Waals surface area contributed by atoms with Crippen LogP contribution in [0.15, 0.2) is 35.5 Å². The van der Waals surface area contributed by atoms with Crippen LogP contribution in [0.3, 0.4) is 0 Å². The van der Waals surface area contributed by atoms with Crippen molar-refractivity contribution in [3.05, 3.63) is 41.1 Å². The molecule has 0 heterocycles. The summed E-state index contributed by atoms with van der Waals surface area (Å²) in [6.07, 6.45) is 0. The second-order valence-corrected chi connectivity index (χ2v) is 5.04. The van der Waals surface area contributed by atoms with Gasteiger partial charge >= 0.3 is 0 Å². The van der Waals surface area contributed by atoms with Gasteiger partial charge < -0.3 is 5.32 Å². The summed E-state index contributed by atoms with van der Waals surface area (Å²) in [6.45, 7) is 6.33. The van der Waals surface area contributed by atoms with Gasteiger partial charge in [0.15, 0.2) is 5.57 Å². The summed E-state index contributed by atoms with van der Waals surface area (Å²) >= 11 is 0. The van der Waals surface area contributed by atoms with E-state index in [1.807, 2.05) is 30.3 Å². The summed E-state index contributed by atoms with van der Waals surface area (Å²) in [7, 11) is 0. The molecule has 0 bridgehead atoms. The van der Waals surface area contributed by atoms with Gasteiger partial charge in [0.1, 0.15) is 23.9 Å². The van der Waals surface area contributed by atoms with Crippen LogP contribution in [0.4, 0.5) is 5.69 Å². The first-order valence-corrected chi connectivity index (χ1v) is 5.74. The van der Waals surface area contributed by atoms with Crippen LogP contribution in [-0.2, 0) is 5.41 Å². The number of hydrogen-bond donors (Lipinski definition) is 1. The van der Waals surface area contributed by atoms with Crippen molar-refractivity contribution in [1.82, 2.24) is 0 Å². The normalized spacial score (nSPS) is 9.68. The van der Waals surface area contributed by atoms with E-state index in [1.54, 1.807) is 12.1 Å². The predicted molar refractivity (Wildman–Crippen MR) is 72.6 cm³/mol. The summed E-state index contributed by atoms with van der Waals surface area (Å²) in [5, 5.41) is 29.2. The van der Waals surface area contributed by atoms with Crippen LogP contribution in [0.2, 0.25) is 0 Å². The Kier molecular flexibility index (Phi) is 4.30. The predicted octanol–water partition coefficient (Wildman–Crippen LogP) is 3.22. The van der Waals surface area contributed by atoms with Gasteiger partial charge in [-0.1, -0.05) is 32.9 Å². The first-order valence-electron chi connectivity index (χ1n) is 5.74. The first-order chi connectivity index (χ1) is 8.92. The first kappa shape index (κ1) is 14.3. The highest BCUT2D eigenvalue weighted by atomic mass is 14.9. The maximum absolute atomic E-state index is 8.93. The van der Waals surface area contributed by atoms with Gasteiger partial charge in [-0.05, 0) is 23.1 Å². The number of nitrogens with one attached hydrogen (secondary N) is 1. The Hall–Kier alpha value is -2.77. The molecule has 1 N–H and O–H groups in total. The number of nitrogens with zero attached hydrogens (tertiary/aromatic N) is 3. The molecule has 0 atom stereocenters. The van der Waals surface area contributed by atoms with Gasteiger partial charge in [0, 0.05) is 5.69 Å². The van der Waals surface area contributed by atoms with Gasteiger partial charge in [-0.2, -0.15) is 15.8 Å². The highest BCUT2D eigenvalue weighted by molar-refractivity contribution is 5.58. The Bertz CT molecular complexity index is 595. The number of nitriles is 3. The molecule has 0 aromatic heterocycles. The quantitative estimate of drug-likeness (QED) is 0.817. The van der Waals surface area contributed by atoms with Crippen molar-refractivity contribution < 1.29 is 0 Å². The van der Waals surface area contributed by atoms with Crippen molar-refractivity contribution in [1.29, 1.82) is 15.8 Å². The molecule has 1 rings (SSSR count). The average Bonchev–Trinajstić information content (AvgIpc) is 2.38. The molecule has 0 radical (unpaired) electrons. The lowest BCUT2D eigenvalue weighted by Crippen LogP contribution is -2.10. The summed E-state index contributed by atoms with van der Waals surface area (Å²) in [6, 6.07) is 12.8. The second-order valence-electron chi connectivity index (χ2n) is 5.04. The molecule has 0 saturated carbocycles. The van der Waals surface area contributed by atoms with Gasteiger partial charge in [-0.25, -0.2) is 0 Å². The molecule has 0 unspecified atom stereocenters. The Morgan fingerprint density at radius 3 is 1.84 bits per heavy atom. The van der Waals surface area contributed by atoms with E-state index < -0.39 is 0 Å². The minimum atomic E-state index is -0.220. The summed E-state index contributed by atoms with van der Waals surface area (Å²) < 4.78 is 0. The smallest absolute Gasteiger partial charge is 0.163 e. The van der Waals surface area contributed by atoms with E-state index in [0.29, 0.717) is 5.69 Å². The Balaban J connectivity index is 3.04. The fourth-order valence-corrected chi connectivity index (χ4v) is 1.48. The van der Waals surface area contributed by atoms with Crippen molar-refractivity contribution in [2.24, 2.45) is 0 Å². The third-order valence-corrected chi connectivity index (χ3v) is 2.61. The SMILES string of the molecule is CC(C)(C)c1ccc(NC(C#N)=C(C#N)C#N)cc1. The van der Waals surface area contributed by atoms with Crippen molar-refractivity contribution in [2.75, 3.05) is 5.32 Å². The molecule has 0 spiro atoms. The number of benzene rings is 1. The van der Waals surface area contributed by atoms with Crippen LogP contribution < -0.4 is 5.32 Å². The minimum absolute atomic E-state index is 0.0338. The average molecular weight is 250 g/mol. The molecule has 0 fully saturated rings. The molecule has 0 aliphatic heterocycles. The number of allylic oxidation sites excluding steroid dienone is 2. The number of anilines is 1. The lowest BCUT2D eigenvalue weighted by molar-refractivity contribution is 0.590. The van der Waals surface area contributed by atoms with Crippen LogP contribution in [-0.4, -0.2) is 0 Å². The van der Waals surface area contributed by atoms with E-state index in [0.717, 1.165) is 0 Å². The Morgan fingerprint density at radius 1 is 0.947 bits per heavy atom. The lowest BCUT2D eigenvalue weighted by Gasteiger charge is -2.19. The zero-order valence-electron chi connectivity index (χ0n) is 11.2. The van der Waals surface area contributed by atoms with Crippen LogP contribution in [0.5, 0.6) is 0 Å². The Morgan fingerprint density at radius 2 is 1.47 bits per heavy atom. The van der Waals surface area contributed by atoms with Gasteiger partial charge in [0.05, 0.1) is 0 Å². The van der Waals surface area contributed by atoms with Crippen molar-refractivity contribution in [2.45, 2.75) is 26.2 Å². The summed E-state index contributed by atoms with van der Waals surface area (Å²) in [5.74, 6) is 0. The standard InChI is InChI=1S/C15H14N4/c1-15(2,3)12-4-6-13(7-5-12)19-14(10-18)11(8-16)9-17/h4-7,19H,1-3H3. The summed E-state index contributed by atoms with van der Waals surface area (Å²) in [5.41, 5.74) is 1.64. The number of rotatable bonds is 2. The van der Waals surface area contributed by atoms with Crippen LogP contribution >= 0.6 is 0 Å². The zero-order chi connectivity index (χ0) is 14.5. The molecule has 0 amide bonds. The molecular weight excluding hydrogens is 236 g/mol. The zero-order valence-corrected chi connectivity index (χ0v) is 11.2. The second kappa shape index (κ2) is 5.71. The molecular formula is C15H14N4. The third-order valence-electron chi connectivity index (χ3n) is 2.61. The fourth-order valence-electron chi connectivity index (χ4n) is 1.48. The summed E-state index contributed by atoms with van der Waals surface area (Å²) in [4.78, 5) is 0. The van der Waals surface area contributed by atoms with Gasteiger partial charge in [0.2, 0.25) is 0 Å². The van der Waals surface area contributed by atoms with E-state index in [2.05, 4.69) is 26.1 Å². The minimum Gasteiger partial charge on any atom is -0.345 e.